The molecule has 0 aliphatic carbocycles. The SMILES string of the molecule is C[C@@H]1O[C@@H](O[C@@H]2[C@@H](O)[C@@H](OCCc3ccc(O)c(O)c3)O[C@H](CO)[C@@H]2OC(=O)C=Cc2ccc(O)c(O)c2)[C@H](O)[C@H](O)[C@H]1O. The lowest BCUT2D eigenvalue weighted by molar-refractivity contribution is -0.357. The minimum Gasteiger partial charge on any atom is -0.504 e. The lowest BCUT2D eigenvalue weighted by Crippen LogP contribution is -2.65. The molecule has 0 saturated carbocycles. The molecule has 0 unspecified atom stereocenters. The number of aromatic hydroxyl groups is 4. The van der Waals surface area contributed by atoms with Gasteiger partial charge < -0.3 is 69.6 Å². The number of esters is 1. The van der Waals surface area contributed by atoms with Gasteiger partial charge in [0.25, 0.3) is 0 Å². The van der Waals surface area contributed by atoms with Gasteiger partial charge in [0.15, 0.2) is 41.7 Å². The van der Waals surface area contributed by atoms with Crippen LogP contribution in [-0.2, 0) is 34.9 Å². The quantitative estimate of drug-likeness (QED) is 0.0873. The highest BCUT2D eigenvalue weighted by molar-refractivity contribution is 5.87. The molecule has 2 aliphatic heterocycles. The topological polar surface area (TPSA) is 245 Å². The summed E-state index contributed by atoms with van der Waals surface area (Å²) in [6.07, 6.45) is -12.6. The maximum Gasteiger partial charge on any atom is 0.331 e. The first-order valence-corrected chi connectivity index (χ1v) is 13.7. The van der Waals surface area contributed by atoms with E-state index in [0.717, 1.165) is 6.08 Å². The molecule has 2 aromatic rings. The van der Waals surface area contributed by atoms with E-state index in [1.807, 2.05) is 0 Å². The van der Waals surface area contributed by atoms with Gasteiger partial charge in [0.1, 0.15) is 36.6 Å². The second-order valence-electron chi connectivity index (χ2n) is 10.4. The third-order valence-corrected chi connectivity index (χ3v) is 7.27. The van der Waals surface area contributed by atoms with Crippen LogP contribution in [0.1, 0.15) is 18.1 Å². The van der Waals surface area contributed by atoms with Crippen LogP contribution < -0.4 is 0 Å². The number of carbonyl (C=O) groups excluding carboxylic acids is 1. The fraction of sp³-hybridized carbons (Fsp3) is 0.483. The maximum atomic E-state index is 12.8. The summed E-state index contributed by atoms with van der Waals surface area (Å²) in [5.74, 6) is -2.40. The fourth-order valence-corrected chi connectivity index (χ4v) is 4.76. The van der Waals surface area contributed by atoms with Gasteiger partial charge in [-0.15, -0.1) is 0 Å². The van der Waals surface area contributed by atoms with Gasteiger partial charge in [0.05, 0.1) is 19.3 Å². The third-order valence-electron chi connectivity index (χ3n) is 7.27. The molecule has 9 N–H and O–H groups in total. The van der Waals surface area contributed by atoms with Crippen LogP contribution in [-0.4, -0.2) is 127 Å². The Morgan fingerprint density at radius 1 is 0.818 bits per heavy atom. The molecule has 0 bridgehead atoms. The highest BCUT2D eigenvalue weighted by atomic mass is 16.7. The lowest BCUT2D eigenvalue weighted by atomic mass is 9.97. The van der Waals surface area contributed by atoms with E-state index in [4.69, 9.17) is 23.7 Å². The number of rotatable bonds is 10. The van der Waals surface area contributed by atoms with E-state index in [9.17, 15) is 50.8 Å². The Labute approximate surface area is 251 Å². The largest absolute Gasteiger partial charge is 0.504 e. The fourth-order valence-electron chi connectivity index (χ4n) is 4.76. The van der Waals surface area contributed by atoms with Crippen LogP contribution in [0.2, 0.25) is 0 Å². The Morgan fingerprint density at radius 3 is 2.16 bits per heavy atom. The summed E-state index contributed by atoms with van der Waals surface area (Å²) in [4.78, 5) is 12.8. The number of hydrogen-bond acceptors (Lipinski definition) is 15. The van der Waals surface area contributed by atoms with Crippen molar-refractivity contribution in [1.29, 1.82) is 0 Å². The van der Waals surface area contributed by atoms with Crippen molar-refractivity contribution in [2.75, 3.05) is 13.2 Å². The average molecular weight is 625 g/mol. The minimum atomic E-state index is -1.77. The summed E-state index contributed by atoms with van der Waals surface area (Å²) < 4.78 is 28.2. The molecule has 15 nitrogen and oxygen atoms in total. The number of phenolic OH excluding ortho intramolecular Hbond substituents is 4. The molecule has 2 fully saturated rings. The van der Waals surface area contributed by atoms with Crippen molar-refractivity contribution in [1.82, 2.24) is 0 Å². The zero-order valence-electron chi connectivity index (χ0n) is 23.5. The number of carbonyl (C=O) groups is 1. The average Bonchev–Trinajstić information content (AvgIpc) is 2.99. The monoisotopic (exact) mass is 624 g/mol. The summed E-state index contributed by atoms with van der Waals surface area (Å²) in [6.45, 7) is 0.606. The van der Waals surface area contributed by atoms with Crippen molar-refractivity contribution in [2.24, 2.45) is 0 Å². The number of phenols is 4. The van der Waals surface area contributed by atoms with Gasteiger partial charge in [-0.1, -0.05) is 12.1 Å². The van der Waals surface area contributed by atoms with E-state index in [2.05, 4.69) is 0 Å². The molecule has 4 rings (SSSR count). The smallest absolute Gasteiger partial charge is 0.331 e. The van der Waals surface area contributed by atoms with Gasteiger partial charge in [-0.2, -0.15) is 0 Å². The van der Waals surface area contributed by atoms with E-state index in [1.54, 1.807) is 6.07 Å². The molecule has 242 valence electrons. The van der Waals surface area contributed by atoms with E-state index < -0.39 is 79.7 Å². The highest BCUT2D eigenvalue weighted by Crippen LogP contribution is 2.32. The molecular formula is C29H36O15. The molecule has 0 radical (unpaired) electrons. The first-order chi connectivity index (χ1) is 20.9. The van der Waals surface area contributed by atoms with E-state index in [1.165, 1.54) is 43.3 Å². The van der Waals surface area contributed by atoms with E-state index in [-0.39, 0.29) is 30.3 Å². The number of ether oxygens (including phenoxy) is 5. The van der Waals surface area contributed by atoms with Crippen LogP contribution >= 0.6 is 0 Å². The van der Waals surface area contributed by atoms with Crippen molar-refractivity contribution in [3.05, 3.63) is 53.6 Å². The second-order valence-corrected chi connectivity index (χ2v) is 10.4. The van der Waals surface area contributed by atoms with Crippen molar-refractivity contribution in [3.63, 3.8) is 0 Å². The lowest BCUT2D eigenvalue weighted by Gasteiger charge is -2.46. The Bertz CT molecular complexity index is 1300. The second kappa shape index (κ2) is 14.5. The Hall–Kier alpha value is -3.51. The summed E-state index contributed by atoms with van der Waals surface area (Å²) in [6, 6.07) is 7.98. The molecule has 2 aliphatic rings. The number of aliphatic hydroxyl groups excluding tert-OH is 5. The van der Waals surface area contributed by atoms with Crippen LogP contribution in [0.25, 0.3) is 6.08 Å². The van der Waals surface area contributed by atoms with Crippen LogP contribution in [0.4, 0.5) is 0 Å². The number of benzene rings is 2. The van der Waals surface area contributed by atoms with Crippen molar-refractivity contribution in [3.8, 4) is 23.0 Å². The standard InChI is InChI=1S/C29H36O15/c1-13-22(36)23(37)24(38)29(41-13)44-27-25(39)28(40-9-8-15-3-6-17(32)19(34)11-15)42-20(12-30)26(27)43-21(35)7-4-14-2-5-16(31)18(33)10-14/h2-7,10-11,13,20,22-34,36-39H,8-9,12H2,1H3/t13-,20+,22-,23+,24+,25+,26-,27+,28-,29-/m0/s1. The van der Waals surface area contributed by atoms with Crippen molar-refractivity contribution >= 4 is 12.0 Å². The summed E-state index contributed by atoms with van der Waals surface area (Å²) in [5.41, 5.74) is 0.914. The molecule has 0 aromatic heterocycles. The highest BCUT2D eigenvalue weighted by Gasteiger charge is 2.52. The number of aliphatic hydroxyl groups is 5. The van der Waals surface area contributed by atoms with E-state index in [0.29, 0.717) is 11.1 Å². The molecule has 0 amide bonds. The molecular weight excluding hydrogens is 588 g/mol. The molecule has 10 atom stereocenters. The van der Waals surface area contributed by atoms with Gasteiger partial charge >= 0.3 is 5.97 Å². The van der Waals surface area contributed by atoms with Gasteiger partial charge in [0.2, 0.25) is 0 Å². The summed E-state index contributed by atoms with van der Waals surface area (Å²) in [5, 5.41) is 90.5. The summed E-state index contributed by atoms with van der Waals surface area (Å²) >= 11 is 0. The summed E-state index contributed by atoms with van der Waals surface area (Å²) in [7, 11) is 0. The van der Waals surface area contributed by atoms with Gasteiger partial charge in [-0.25, -0.2) is 4.79 Å². The van der Waals surface area contributed by atoms with Crippen LogP contribution in [0, 0.1) is 0 Å². The predicted octanol–water partition coefficient (Wildman–Crippen LogP) is -1.02. The molecule has 15 heteroatoms. The van der Waals surface area contributed by atoms with Gasteiger partial charge in [-0.05, 0) is 54.8 Å². The molecule has 0 spiro atoms. The normalized spacial score (nSPS) is 32.5. The van der Waals surface area contributed by atoms with Crippen LogP contribution in [0.5, 0.6) is 23.0 Å². The molecule has 2 aromatic carbocycles. The van der Waals surface area contributed by atoms with Crippen LogP contribution in [0.3, 0.4) is 0 Å². The maximum absolute atomic E-state index is 12.8. The van der Waals surface area contributed by atoms with Gasteiger partial charge in [0, 0.05) is 6.08 Å². The van der Waals surface area contributed by atoms with Crippen LogP contribution in [0.15, 0.2) is 42.5 Å². The third kappa shape index (κ3) is 7.76. The Morgan fingerprint density at radius 2 is 1.50 bits per heavy atom. The Kier molecular flexibility index (Phi) is 11.0. The minimum absolute atomic E-state index is 0.0754. The van der Waals surface area contributed by atoms with E-state index >= 15 is 0 Å². The first-order valence-electron chi connectivity index (χ1n) is 13.7. The Balaban J connectivity index is 1.52. The predicted molar refractivity (Wildman–Crippen MR) is 147 cm³/mol. The zero-order valence-corrected chi connectivity index (χ0v) is 23.5. The molecule has 44 heavy (non-hydrogen) atoms. The van der Waals surface area contributed by atoms with Crippen molar-refractivity contribution < 1.29 is 74.4 Å². The first kappa shape index (κ1) is 33.4. The van der Waals surface area contributed by atoms with Crippen molar-refractivity contribution in [2.45, 2.75) is 74.8 Å². The zero-order chi connectivity index (χ0) is 32.1. The van der Waals surface area contributed by atoms with Gasteiger partial charge in [-0.3, -0.25) is 0 Å². The molecule has 2 saturated heterocycles. The number of hydrogen-bond donors (Lipinski definition) is 9. The molecule has 2 heterocycles.